The second-order valence-corrected chi connectivity index (χ2v) is 4.03. The molecule has 0 heterocycles. The van der Waals surface area contributed by atoms with E-state index in [4.69, 9.17) is 22.1 Å². The number of nitrogens with two attached hydrogens (primary N) is 1. The van der Waals surface area contributed by atoms with Crippen LogP contribution in [-0.2, 0) is 0 Å². The monoisotopic (exact) mass is 262 g/mol. The lowest BCUT2D eigenvalue weighted by atomic mass is 10.3. The molecule has 0 atom stereocenters. The van der Waals surface area contributed by atoms with Crippen LogP contribution in [0, 0.1) is 0 Å². The van der Waals surface area contributed by atoms with E-state index in [1.54, 1.807) is 48.5 Å². The molecule has 0 radical (unpaired) electrons. The first-order valence-electron chi connectivity index (χ1n) is 5.23. The third-order valence-electron chi connectivity index (χ3n) is 2.16. The lowest BCUT2D eigenvalue weighted by molar-refractivity contribution is 0.215. The molecule has 0 spiro atoms. The highest BCUT2D eigenvalue weighted by Crippen LogP contribution is 2.17. The molecule has 3 N–H and O–H groups in total. The molecule has 0 saturated carbocycles. The first-order chi connectivity index (χ1) is 8.63. The summed E-state index contributed by atoms with van der Waals surface area (Å²) in [6.45, 7) is 0. The molecular weight excluding hydrogens is 252 g/mol. The minimum absolute atomic E-state index is 0.420. The standard InChI is InChI=1S/C13H11ClN2O2/c14-9-2-1-3-11(8-9)16-13(17)18-12-6-4-10(15)5-7-12/h1-8H,15H2,(H,16,17). The molecule has 0 aliphatic heterocycles. The van der Waals surface area contributed by atoms with E-state index in [0.29, 0.717) is 22.1 Å². The molecule has 2 aromatic rings. The average Bonchev–Trinajstić information content (AvgIpc) is 2.32. The van der Waals surface area contributed by atoms with E-state index in [9.17, 15) is 4.79 Å². The van der Waals surface area contributed by atoms with Gasteiger partial charge in [-0.15, -0.1) is 0 Å². The number of rotatable bonds is 2. The first kappa shape index (κ1) is 12.3. The third-order valence-corrected chi connectivity index (χ3v) is 2.40. The summed E-state index contributed by atoms with van der Waals surface area (Å²) in [7, 11) is 0. The molecule has 5 heteroatoms. The molecule has 2 aromatic carbocycles. The lowest BCUT2D eigenvalue weighted by Crippen LogP contribution is -2.16. The van der Waals surface area contributed by atoms with E-state index < -0.39 is 6.09 Å². The minimum Gasteiger partial charge on any atom is -0.410 e. The van der Waals surface area contributed by atoms with E-state index in [-0.39, 0.29) is 0 Å². The van der Waals surface area contributed by atoms with E-state index in [2.05, 4.69) is 5.32 Å². The molecule has 0 fully saturated rings. The summed E-state index contributed by atoms with van der Waals surface area (Å²) < 4.78 is 5.06. The fourth-order valence-corrected chi connectivity index (χ4v) is 1.54. The predicted octanol–water partition coefficient (Wildman–Crippen LogP) is 3.53. The largest absolute Gasteiger partial charge is 0.417 e. The summed E-state index contributed by atoms with van der Waals surface area (Å²) in [5.74, 6) is 0.420. The van der Waals surface area contributed by atoms with Gasteiger partial charge in [0.1, 0.15) is 5.75 Å². The topological polar surface area (TPSA) is 64.3 Å². The molecule has 0 aromatic heterocycles. The number of nitrogen functional groups attached to an aromatic ring is 1. The maximum atomic E-state index is 11.6. The van der Waals surface area contributed by atoms with Crippen molar-refractivity contribution in [2.45, 2.75) is 0 Å². The Kier molecular flexibility index (Phi) is 3.69. The SMILES string of the molecule is Nc1ccc(OC(=O)Nc2cccc(Cl)c2)cc1. The molecule has 0 bridgehead atoms. The zero-order valence-electron chi connectivity index (χ0n) is 9.39. The van der Waals surface area contributed by atoms with Crippen molar-refractivity contribution in [3.05, 3.63) is 53.6 Å². The van der Waals surface area contributed by atoms with Gasteiger partial charge in [0.2, 0.25) is 0 Å². The molecule has 1 amide bonds. The van der Waals surface area contributed by atoms with Crippen molar-refractivity contribution in [1.82, 2.24) is 0 Å². The average molecular weight is 263 g/mol. The fourth-order valence-electron chi connectivity index (χ4n) is 1.35. The van der Waals surface area contributed by atoms with Crippen molar-refractivity contribution in [3.8, 4) is 5.75 Å². The van der Waals surface area contributed by atoms with Crippen molar-refractivity contribution in [2.75, 3.05) is 11.1 Å². The van der Waals surface area contributed by atoms with Crippen LogP contribution in [0.5, 0.6) is 5.75 Å². The van der Waals surface area contributed by atoms with Gasteiger partial charge in [-0.3, -0.25) is 5.32 Å². The number of carbonyl (C=O) groups is 1. The Morgan fingerprint density at radius 3 is 2.56 bits per heavy atom. The Hall–Kier alpha value is -2.20. The second kappa shape index (κ2) is 5.42. The quantitative estimate of drug-likeness (QED) is 0.814. The molecule has 4 nitrogen and oxygen atoms in total. The molecule has 0 unspecified atom stereocenters. The summed E-state index contributed by atoms with van der Waals surface area (Å²) in [5.41, 5.74) is 6.71. The molecule has 18 heavy (non-hydrogen) atoms. The molecule has 0 saturated heterocycles. The van der Waals surface area contributed by atoms with Crippen LogP contribution < -0.4 is 15.8 Å². The Morgan fingerprint density at radius 1 is 1.17 bits per heavy atom. The summed E-state index contributed by atoms with van der Waals surface area (Å²) in [6.07, 6.45) is -0.581. The first-order valence-corrected chi connectivity index (χ1v) is 5.61. The number of hydrogen-bond acceptors (Lipinski definition) is 3. The van der Waals surface area contributed by atoms with Crippen molar-refractivity contribution in [2.24, 2.45) is 0 Å². The number of amides is 1. The zero-order valence-corrected chi connectivity index (χ0v) is 10.1. The Labute approximate surface area is 109 Å². The van der Waals surface area contributed by atoms with Gasteiger partial charge in [-0.1, -0.05) is 17.7 Å². The van der Waals surface area contributed by atoms with Crippen LogP contribution in [0.1, 0.15) is 0 Å². The van der Waals surface area contributed by atoms with Gasteiger partial charge >= 0.3 is 6.09 Å². The van der Waals surface area contributed by atoms with Gasteiger partial charge in [-0.25, -0.2) is 4.79 Å². The van der Waals surface area contributed by atoms with Crippen LogP contribution >= 0.6 is 11.6 Å². The number of hydrogen-bond donors (Lipinski definition) is 2. The Bertz CT molecular complexity index is 555. The summed E-state index contributed by atoms with van der Waals surface area (Å²) >= 11 is 5.80. The lowest BCUT2D eigenvalue weighted by Gasteiger charge is -2.06. The van der Waals surface area contributed by atoms with Crippen molar-refractivity contribution in [3.63, 3.8) is 0 Å². The van der Waals surface area contributed by atoms with Crippen molar-refractivity contribution in [1.29, 1.82) is 0 Å². The fraction of sp³-hybridized carbons (Fsp3) is 0. The number of nitrogens with one attached hydrogen (secondary N) is 1. The van der Waals surface area contributed by atoms with E-state index in [0.717, 1.165) is 0 Å². The maximum absolute atomic E-state index is 11.6. The van der Waals surface area contributed by atoms with Gasteiger partial charge < -0.3 is 10.5 Å². The number of halogens is 1. The van der Waals surface area contributed by atoms with Gasteiger partial charge in [-0.05, 0) is 42.5 Å². The van der Waals surface area contributed by atoms with Gasteiger partial charge in [0.25, 0.3) is 0 Å². The van der Waals surface area contributed by atoms with E-state index in [1.165, 1.54) is 0 Å². The van der Waals surface area contributed by atoms with E-state index >= 15 is 0 Å². The highest BCUT2D eigenvalue weighted by Gasteiger charge is 2.05. The normalized spacial score (nSPS) is 9.83. The van der Waals surface area contributed by atoms with Crippen molar-refractivity contribution >= 4 is 29.1 Å². The summed E-state index contributed by atoms with van der Waals surface area (Å²) in [4.78, 5) is 11.6. The van der Waals surface area contributed by atoms with Crippen LogP contribution in [0.15, 0.2) is 48.5 Å². The number of carbonyl (C=O) groups excluding carboxylic acids is 1. The predicted molar refractivity (Wildman–Crippen MR) is 72.0 cm³/mol. The van der Waals surface area contributed by atoms with Crippen molar-refractivity contribution < 1.29 is 9.53 Å². The molecule has 2 rings (SSSR count). The minimum atomic E-state index is -0.581. The number of ether oxygens (including phenoxy) is 1. The summed E-state index contributed by atoms with van der Waals surface area (Å²) in [5, 5.41) is 3.11. The third kappa shape index (κ3) is 3.40. The summed E-state index contributed by atoms with van der Waals surface area (Å²) in [6, 6.07) is 13.4. The van der Waals surface area contributed by atoms with Crippen LogP contribution in [0.3, 0.4) is 0 Å². The van der Waals surface area contributed by atoms with Crippen LogP contribution in [0.4, 0.5) is 16.2 Å². The highest BCUT2D eigenvalue weighted by atomic mass is 35.5. The second-order valence-electron chi connectivity index (χ2n) is 3.59. The maximum Gasteiger partial charge on any atom is 0.417 e. The highest BCUT2D eigenvalue weighted by molar-refractivity contribution is 6.30. The van der Waals surface area contributed by atoms with E-state index in [1.807, 2.05) is 0 Å². The van der Waals surface area contributed by atoms with Crippen LogP contribution in [0.2, 0.25) is 5.02 Å². The van der Waals surface area contributed by atoms with Crippen LogP contribution in [0.25, 0.3) is 0 Å². The van der Waals surface area contributed by atoms with Gasteiger partial charge in [0.05, 0.1) is 0 Å². The number of benzene rings is 2. The molecule has 0 aliphatic carbocycles. The number of anilines is 2. The molecule has 0 aliphatic rings. The van der Waals surface area contributed by atoms with Gasteiger partial charge in [-0.2, -0.15) is 0 Å². The smallest absolute Gasteiger partial charge is 0.410 e. The molecular formula is C13H11ClN2O2. The zero-order chi connectivity index (χ0) is 13.0. The Balaban J connectivity index is 1.98. The van der Waals surface area contributed by atoms with Crippen LogP contribution in [-0.4, -0.2) is 6.09 Å². The van der Waals surface area contributed by atoms with Gasteiger partial charge in [0, 0.05) is 16.4 Å². The molecule has 92 valence electrons. The van der Waals surface area contributed by atoms with Gasteiger partial charge in [0.15, 0.2) is 0 Å². The Morgan fingerprint density at radius 2 is 1.89 bits per heavy atom.